The van der Waals surface area contributed by atoms with E-state index < -0.39 is 122 Å². The van der Waals surface area contributed by atoms with Crippen LogP contribution in [0.5, 0.6) is 0 Å². The van der Waals surface area contributed by atoms with Gasteiger partial charge in [0.2, 0.25) is 11.8 Å². The summed E-state index contributed by atoms with van der Waals surface area (Å²) in [4.78, 5) is 52.0. The van der Waals surface area contributed by atoms with Gasteiger partial charge < -0.3 is 87.5 Å². The zero-order chi connectivity index (χ0) is 59.9. The van der Waals surface area contributed by atoms with Crippen LogP contribution in [0.1, 0.15) is 219 Å². The maximum absolute atomic E-state index is 13.2. The van der Waals surface area contributed by atoms with Crippen LogP contribution in [0.4, 0.5) is 0 Å². The second-order valence-corrected chi connectivity index (χ2v) is 23.2. The first-order valence-corrected chi connectivity index (χ1v) is 31.7. The molecule has 0 spiro atoms. The number of ether oxygens (including phenoxy) is 6. The molecule has 2 aliphatic heterocycles. The lowest BCUT2D eigenvalue weighted by molar-refractivity contribution is -0.315. The SMILES string of the molecule is CCCCCCCC/C=C\CCCCCCCC(=O)OCC(COC(=O)CCCCCCC/C=C\CCCCCCCC)NC(=O)CCC(=O)NC[C@H]1O[C@H](O[C@H]2[C@H](O)[C@@H](O[C@H]3O[C@H](CO)[C@@H](O)[C@H](N)[C@H]3O)[C@H](N)C[C@@H]2N)[C@H](N)C[C@@H]1O. The third-order valence-corrected chi connectivity index (χ3v) is 15.8. The molecule has 0 bridgehead atoms. The van der Waals surface area contributed by atoms with Gasteiger partial charge in [0.05, 0.1) is 30.8 Å². The van der Waals surface area contributed by atoms with Gasteiger partial charge in [-0.15, -0.1) is 0 Å². The highest BCUT2D eigenvalue weighted by atomic mass is 16.7. The van der Waals surface area contributed by atoms with Crippen LogP contribution in [0.15, 0.2) is 24.3 Å². The van der Waals surface area contributed by atoms with Crippen molar-refractivity contribution in [2.45, 2.75) is 311 Å². The van der Waals surface area contributed by atoms with Crippen LogP contribution in [0.3, 0.4) is 0 Å². The third-order valence-electron chi connectivity index (χ3n) is 15.8. The van der Waals surface area contributed by atoms with Crippen molar-refractivity contribution in [3.63, 3.8) is 0 Å². The number of amides is 2. The standard InChI is InChI=1S/C61H112N6O15/c1-3-5-7-9-11-13-15-17-19-21-23-25-27-29-31-33-52(72)77-41-43(42-78-53(73)34-32-30-28-26-24-22-20-18-16-14-12-10-8-6-4-2)67-51(71)36-35-50(70)66-39-48-47(69)38-46(64)60(79-48)81-58-44(62)37-45(63)59(57(58)76)82-61-56(75)54(65)55(74)49(40-68)80-61/h17-20,43-49,54-61,68-69,74-76H,3-16,21-42,62-65H2,1-2H3,(H,66,70)(H,67,71)/b19-17-,20-18-/t44-,45+,46+,47-,48+,49+,54-,55+,56+,57-,58+,59-,60+,61+/m0/s1. The van der Waals surface area contributed by atoms with Crippen molar-refractivity contribution in [1.29, 1.82) is 0 Å². The average Bonchev–Trinajstić information content (AvgIpc) is 3.57. The molecule has 3 aliphatic rings. The molecule has 0 radical (unpaired) electrons. The lowest BCUT2D eigenvalue weighted by Gasteiger charge is -2.47. The fraction of sp³-hybridized carbons (Fsp3) is 0.869. The lowest BCUT2D eigenvalue weighted by atomic mass is 9.84. The number of aliphatic hydroxyl groups is 5. The third kappa shape index (κ3) is 30.3. The molecule has 0 unspecified atom stereocenters. The predicted octanol–water partition coefficient (Wildman–Crippen LogP) is 5.29. The molecule has 2 saturated heterocycles. The fourth-order valence-electron chi connectivity index (χ4n) is 10.6. The molecule has 3 fully saturated rings. The second kappa shape index (κ2) is 44.3. The van der Waals surface area contributed by atoms with Crippen LogP contribution < -0.4 is 33.6 Å². The Bertz CT molecular complexity index is 1710. The number of aliphatic hydroxyl groups excluding tert-OH is 5. The molecule has 15 N–H and O–H groups in total. The van der Waals surface area contributed by atoms with Crippen molar-refractivity contribution in [3.05, 3.63) is 24.3 Å². The molecule has 0 aromatic heterocycles. The Morgan fingerprint density at radius 3 is 1.41 bits per heavy atom. The minimum absolute atomic E-state index is 0.0124. The highest BCUT2D eigenvalue weighted by molar-refractivity contribution is 5.84. The van der Waals surface area contributed by atoms with E-state index in [9.17, 15) is 44.7 Å². The predicted molar refractivity (Wildman–Crippen MR) is 314 cm³/mol. The van der Waals surface area contributed by atoms with Crippen LogP contribution in [0, 0.1) is 0 Å². The molecule has 14 atom stereocenters. The maximum Gasteiger partial charge on any atom is 0.305 e. The molecule has 1 aliphatic carbocycles. The van der Waals surface area contributed by atoms with Crippen LogP contribution in [0.2, 0.25) is 0 Å². The Kier molecular flexibility index (Phi) is 39.5. The molecule has 0 aromatic rings. The Morgan fingerprint density at radius 2 is 0.939 bits per heavy atom. The molecule has 82 heavy (non-hydrogen) atoms. The Morgan fingerprint density at radius 1 is 0.512 bits per heavy atom. The minimum atomic E-state index is -1.53. The van der Waals surface area contributed by atoms with Gasteiger partial charge in [0.25, 0.3) is 0 Å². The monoisotopic (exact) mass is 1170 g/mol. The fourth-order valence-corrected chi connectivity index (χ4v) is 10.6. The molecular formula is C61H112N6O15. The second-order valence-electron chi connectivity index (χ2n) is 23.2. The largest absolute Gasteiger partial charge is 0.463 e. The van der Waals surface area contributed by atoms with E-state index in [1.807, 2.05) is 0 Å². The number of nitrogens with two attached hydrogens (primary N) is 4. The number of carbonyl (C=O) groups is 4. The molecule has 0 aromatic carbocycles. The van der Waals surface area contributed by atoms with Gasteiger partial charge in [0, 0.05) is 44.3 Å². The van der Waals surface area contributed by atoms with Crippen LogP contribution in [-0.4, -0.2) is 167 Å². The number of carbonyl (C=O) groups excluding carboxylic acids is 4. The van der Waals surface area contributed by atoms with Gasteiger partial charge in [-0.05, 0) is 77.0 Å². The number of allylic oxidation sites excluding steroid dienone is 4. The van der Waals surface area contributed by atoms with Crippen molar-refractivity contribution in [2.24, 2.45) is 22.9 Å². The Labute approximate surface area is 490 Å². The van der Waals surface area contributed by atoms with Crippen LogP contribution in [-0.2, 0) is 47.6 Å². The van der Waals surface area contributed by atoms with Gasteiger partial charge in [-0.2, -0.15) is 0 Å². The van der Waals surface area contributed by atoms with E-state index in [1.54, 1.807) is 0 Å². The van der Waals surface area contributed by atoms with E-state index >= 15 is 0 Å². The number of hydrogen-bond acceptors (Lipinski definition) is 19. The van der Waals surface area contributed by atoms with Gasteiger partial charge in [0.15, 0.2) is 12.6 Å². The molecule has 1 saturated carbocycles. The van der Waals surface area contributed by atoms with E-state index in [2.05, 4.69) is 48.8 Å². The van der Waals surface area contributed by atoms with Gasteiger partial charge >= 0.3 is 11.9 Å². The summed E-state index contributed by atoms with van der Waals surface area (Å²) in [6, 6.07) is -4.67. The Hall–Kier alpha value is -3.16. The van der Waals surface area contributed by atoms with Gasteiger partial charge in [-0.1, -0.05) is 141 Å². The summed E-state index contributed by atoms with van der Waals surface area (Å²) >= 11 is 0. The summed E-state index contributed by atoms with van der Waals surface area (Å²) < 4.78 is 34.7. The Balaban J connectivity index is 1.44. The van der Waals surface area contributed by atoms with Crippen molar-refractivity contribution in [2.75, 3.05) is 26.4 Å². The number of esters is 2. The van der Waals surface area contributed by atoms with Crippen LogP contribution >= 0.6 is 0 Å². The molecule has 2 amide bonds. The van der Waals surface area contributed by atoms with Gasteiger partial charge in [-0.25, -0.2) is 0 Å². The first kappa shape index (κ1) is 73.1. The van der Waals surface area contributed by atoms with E-state index in [-0.39, 0.29) is 58.3 Å². The van der Waals surface area contributed by atoms with E-state index in [0.29, 0.717) is 12.8 Å². The number of nitrogens with one attached hydrogen (secondary N) is 2. The molecule has 21 nitrogen and oxygen atoms in total. The first-order chi connectivity index (χ1) is 39.6. The van der Waals surface area contributed by atoms with E-state index in [4.69, 9.17) is 51.4 Å². The van der Waals surface area contributed by atoms with E-state index in [1.165, 1.54) is 77.0 Å². The van der Waals surface area contributed by atoms with Gasteiger partial charge in [0.1, 0.15) is 55.9 Å². The zero-order valence-corrected chi connectivity index (χ0v) is 50.1. The molecule has 21 heteroatoms. The number of rotatable bonds is 45. The topological polar surface area (TPSA) is 353 Å². The lowest BCUT2D eigenvalue weighted by Crippen LogP contribution is -2.68. The van der Waals surface area contributed by atoms with Crippen molar-refractivity contribution >= 4 is 23.8 Å². The van der Waals surface area contributed by atoms with Crippen molar-refractivity contribution < 1.29 is 73.1 Å². The van der Waals surface area contributed by atoms with Crippen molar-refractivity contribution in [1.82, 2.24) is 10.6 Å². The summed E-state index contributed by atoms with van der Waals surface area (Å²) in [6.07, 6.45) is 26.0. The molecule has 2 heterocycles. The first-order valence-electron chi connectivity index (χ1n) is 31.7. The summed E-state index contributed by atoms with van der Waals surface area (Å²) in [5.41, 5.74) is 25.0. The number of hydrogen-bond donors (Lipinski definition) is 11. The average molecular weight is 1170 g/mol. The quantitative estimate of drug-likeness (QED) is 0.0210. The molecular weight excluding hydrogens is 1060 g/mol. The highest BCUT2D eigenvalue weighted by Gasteiger charge is 2.50. The van der Waals surface area contributed by atoms with Crippen molar-refractivity contribution in [3.8, 4) is 0 Å². The summed E-state index contributed by atoms with van der Waals surface area (Å²) in [6.45, 7) is 3.24. The highest BCUT2D eigenvalue weighted by Crippen LogP contribution is 2.31. The smallest absolute Gasteiger partial charge is 0.305 e. The van der Waals surface area contributed by atoms with Gasteiger partial charge in [-0.3, -0.25) is 19.2 Å². The van der Waals surface area contributed by atoms with Crippen LogP contribution in [0.25, 0.3) is 0 Å². The molecule has 476 valence electrons. The minimum Gasteiger partial charge on any atom is -0.463 e. The molecule has 3 rings (SSSR count). The number of unbranched alkanes of at least 4 members (excludes halogenated alkanes) is 22. The normalized spacial score (nSPS) is 27.8. The van der Waals surface area contributed by atoms with E-state index in [0.717, 1.165) is 77.0 Å². The summed E-state index contributed by atoms with van der Waals surface area (Å²) in [7, 11) is 0. The maximum atomic E-state index is 13.2. The zero-order valence-electron chi connectivity index (χ0n) is 50.1. The summed E-state index contributed by atoms with van der Waals surface area (Å²) in [5, 5.41) is 58.4. The summed E-state index contributed by atoms with van der Waals surface area (Å²) in [5.74, 6) is -1.88.